The molecular formula is C11H9ClN2O2. The van der Waals surface area contributed by atoms with E-state index in [1.807, 2.05) is 0 Å². The van der Waals surface area contributed by atoms with E-state index in [0.29, 0.717) is 23.2 Å². The Bertz CT molecular complexity index is 548. The largest absolute Gasteiger partial charge is 0.428 e. The average Bonchev–Trinajstić information content (AvgIpc) is 2.64. The van der Waals surface area contributed by atoms with Crippen molar-refractivity contribution < 1.29 is 9.21 Å². The van der Waals surface area contributed by atoms with Gasteiger partial charge in [0.1, 0.15) is 5.52 Å². The molecule has 1 N–H and O–H groups in total. The Morgan fingerprint density at radius 2 is 2.44 bits per heavy atom. The molecule has 0 unspecified atom stereocenters. The van der Waals surface area contributed by atoms with Crippen LogP contribution in [0.2, 0.25) is 5.35 Å². The minimum absolute atomic E-state index is 0.0682. The van der Waals surface area contributed by atoms with Gasteiger partial charge in [0.15, 0.2) is 5.58 Å². The first-order chi connectivity index (χ1) is 7.70. The standard InChI is InChI=1S/C11H9ClN2O2/c1-2-5-13-10(15)7-3-4-9-8(6-7)14-11(12)16-9/h2-4,6H,1,5H2,(H,13,15). The molecule has 5 heteroatoms. The summed E-state index contributed by atoms with van der Waals surface area (Å²) in [6.07, 6.45) is 1.61. The molecule has 1 heterocycles. The number of aromatic nitrogens is 1. The molecule has 0 spiro atoms. The summed E-state index contributed by atoms with van der Waals surface area (Å²) in [5.41, 5.74) is 1.64. The molecule has 0 radical (unpaired) electrons. The number of hydrogen-bond acceptors (Lipinski definition) is 3. The van der Waals surface area contributed by atoms with E-state index in [0.717, 1.165) is 0 Å². The van der Waals surface area contributed by atoms with Crippen molar-refractivity contribution in [1.29, 1.82) is 0 Å². The van der Waals surface area contributed by atoms with E-state index in [2.05, 4.69) is 16.9 Å². The van der Waals surface area contributed by atoms with E-state index in [9.17, 15) is 4.79 Å². The van der Waals surface area contributed by atoms with Gasteiger partial charge in [0, 0.05) is 12.1 Å². The van der Waals surface area contributed by atoms with Crippen LogP contribution in [-0.2, 0) is 0 Å². The maximum absolute atomic E-state index is 11.6. The van der Waals surface area contributed by atoms with Gasteiger partial charge in [0.05, 0.1) is 0 Å². The van der Waals surface area contributed by atoms with Crippen molar-refractivity contribution in [3.63, 3.8) is 0 Å². The van der Waals surface area contributed by atoms with Gasteiger partial charge >= 0.3 is 0 Å². The highest BCUT2D eigenvalue weighted by molar-refractivity contribution is 6.28. The molecule has 0 saturated carbocycles. The Kier molecular flexibility index (Phi) is 2.92. The molecule has 1 aromatic carbocycles. The first kappa shape index (κ1) is 10.7. The molecule has 82 valence electrons. The SMILES string of the molecule is C=CCNC(=O)c1ccc2oc(Cl)nc2c1. The molecule has 2 aromatic rings. The Hall–Kier alpha value is -1.81. The van der Waals surface area contributed by atoms with Crippen LogP contribution in [-0.4, -0.2) is 17.4 Å². The van der Waals surface area contributed by atoms with Gasteiger partial charge in [0.2, 0.25) is 0 Å². The number of oxazole rings is 1. The molecule has 0 aliphatic heterocycles. The zero-order chi connectivity index (χ0) is 11.5. The fourth-order valence-corrected chi connectivity index (χ4v) is 1.48. The second kappa shape index (κ2) is 4.37. The van der Waals surface area contributed by atoms with Gasteiger partial charge in [-0.05, 0) is 29.8 Å². The monoisotopic (exact) mass is 236 g/mol. The Morgan fingerprint density at radius 1 is 1.62 bits per heavy atom. The molecule has 0 aliphatic carbocycles. The quantitative estimate of drug-likeness (QED) is 0.833. The van der Waals surface area contributed by atoms with Crippen LogP contribution in [0.4, 0.5) is 0 Å². The highest BCUT2D eigenvalue weighted by Crippen LogP contribution is 2.19. The zero-order valence-corrected chi connectivity index (χ0v) is 9.12. The van der Waals surface area contributed by atoms with Crippen molar-refractivity contribution in [3.8, 4) is 0 Å². The second-order valence-electron chi connectivity index (χ2n) is 3.15. The van der Waals surface area contributed by atoms with Crippen molar-refractivity contribution >= 4 is 28.6 Å². The van der Waals surface area contributed by atoms with Gasteiger partial charge in [0.25, 0.3) is 11.3 Å². The molecule has 2 rings (SSSR count). The lowest BCUT2D eigenvalue weighted by Gasteiger charge is -2.01. The number of nitrogens with zero attached hydrogens (tertiary/aromatic N) is 1. The average molecular weight is 237 g/mol. The van der Waals surface area contributed by atoms with Crippen LogP contribution < -0.4 is 5.32 Å². The summed E-state index contributed by atoms with van der Waals surface area (Å²) < 4.78 is 5.09. The first-order valence-electron chi connectivity index (χ1n) is 4.66. The maximum atomic E-state index is 11.6. The number of benzene rings is 1. The third-order valence-electron chi connectivity index (χ3n) is 2.03. The van der Waals surface area contributed by atoms with E-state index in [1.165, 1.54) is 0 Å². The number of carbonyl (C=O) groups excluding carboxylic acids is 1. The number of nitrogens with one attached hydrogen (secondary N) is 1. The molecule has 0 atom stereocenters. The molecule has 1 aromatic heterocycles. The van der Waals surface area contributed by atoms with Crippen molar-refractivity contribution in [1.82, 2.24) is 10.3 Å². The topological polar surface area (TPSA) is 55.1 Å². The number of amides is 1. The fraction of sp³-hybridized carbons (Fsp3) is 0.0909. The zero-order valence-electron chi connectivity index (χ0n) is 8.37. The van der Waals surface area contributed by atoms with Crippen molar-refractivity contribution in [2.75, 3.05) is 6.54 Å². The summed E-state index contributed by atoms with van der Waals surface area (Å²) in [5.74, 6) is -0.180. The van der Waals surface area contributed by atoms with Crippen molar-refractivity contribution in [2.45, 2.75) is 0 Å². The first-order valence-corrected chi connectivity index (χ1v) is 5.03. The van der Waals surface area contributed by atoms with E-state index < -0.39 is 0 Å². The Morgan fingerprint density at radius 3 is 3.19 bits per heavy atom. The van der Waals surface area contributed by atoms with Crippen LogP contribution >= 0.6 is 11.6 Å². The van der Waals surface area contributed by atoms with Gasteiger partial charge in [-0.25, -0.2) is 0 Å². The maximum Gasteiger partial charge on any atom is 0.293 e. The smallest absolute Gasteiger partial charge is 0.293 e. The highest BCUT2D eigenvalue weighted by atomic mass is 35.5. The van der Waals surface area contributed by atoms with E-state index in [-0.39, 0.29) is 11.3 Å². The summed E-state index contributed by atoms with van der Waals surface area (Å²) in [6, 6.07) is 4.95. The molecule has 16 heavy (non-hydrogen) atoms. The Labute approximate surface area is 96.9 Å². The lowest BCUT2D eigenvalue weighted by molar-refractivity contribution is 0.0958. The second-order valence-corrected chi connectivity index (χ2v) is 3.47. The summed E-state index contributed by atoms with van der Waals surface area (Å²) in [5, 5.41) is 2.74. The lowest BCUT2D eigenvalue weighted by atomic mass is 10.2. The van der Waals surface area contributed by atoms with Crippen LogP contribution in [0.15, 0.2) is 35.3 Å². The number of hydrogen-bond donors (Lipinski definition) is 1. The minimum atomic E-state index is -0.180. The number of halogens is 1. The van der Waals surface area contributed by atoms with Gasteiger partial charge < -0.3 is 9.73 Å². The number of rotatable bonds is 3. The van der Waals surface area contributed by atoms with E-state index >= 15 is 0 Å². The normalized spacial score (nSPS) is 10.3. The van der Waals surface area contributed by atoms with Gasteiger partial charge in [-0.1, -0.05) is 6.08 Å². The van der Waals surface area contributed by atoms with Crippen LogP contribution in [0.5, 0.6) is 0 Å². The van der Waals surface area contributed by atoms with E-state index in [1.54, 1.807) is 24.3 Å². The van der Waals surface area contributed by atoms with E-state index in [4.69, 9.17) is 16.0 Å². The van der Waals surface area contributed by atoms with Gasteiger partial charge in [-0.15, -0.1) is 6.58 Å². The molecule has 0 aliphatic rings. The van der Waals surface area contributed by atoms with Gasteiger partial charge in [-0.2, -0.15) is 4.98 Å². The van der Waals surface area contributed by atoms with Crippen LogP contribution in [0, 0.1) is 0 Å². The molecule has 1 amide bonds. The van der Waals surface area contributed by atoms with Gasteiger partial charge in [-0.3, -0.25) is 4.79 Å². The molecule has 4 nitrogen and oxygen atoms in total. The summed E-state index contributed by atoms with van der Waals surface area (Å²) in [6.45, 7) is 3.95. The highest BCUT2D eigenvalue weighted by Gasteiger charge is 2.08. The lowest BCUT2D eigenvalue weighted by Crippen LogP contribution is -2.22. The summed E-state index contributed by atoms with van der Waals surface area (Å²) in [4.78, 5) is 15.5. The predicted molar refractivity (Wildman–Crippen MR) is 61.5 cm³/mol. The third-order valence-corrected chi connectivity index (χ3v) is 2.19. The Balaban J connectivity index is 2.31. The number of carbonyl (C=O) groups is 1. The van der Waals surface area contributed by atoms with Crippen LogP contribution in [0.25, 0.3) is 11.1 Å². The minimum Gasteiger partial charge on any atom is -0.428 e. The molecule has 0 saturated heterocycles. The third kappa shape index (κ3) is 2.06. The van der Waals surface area contributed by atoms with Crippen LogP contribution in [0.1, 0.15) is 10.4 Å². The van der Waals surface area contributed by atoms with Crippen molar-refractivity contribution in [2.24, 2.45) is 0 Å². The summed E-state index contributed by atoms with van der Waals surface area (Å²) >= 11 is 5.61. The predicted octanol–water partition coefficient (Wildman–Crippen LogP) is 2.40. The molecule has 0 bridgehead atoms. The van der Waals surface area contributed by atoms with Crippen LogP contribution in [0.3, 0.4) is 0 Å². The summed E-state index contributed by atoms with van der Waals surface area (Å²) in [7, 11) is 0. The number of fused-ring (bicyclic) bond motifs is 1. The van der Waals surface area contributed by atoms with Crippen molar-refractivity contribution in [3.05, 3.63) is 41.8 Å². The fourth-order valence-electron chi connectivity index (χ4n) is 1.31. The molecular weight excluding hydrogens is 228 g/mol. The molecule has 0 fully saturated rings.